The molecule has 1 aliphatic rings. The van der Waals surface area contributed by atoms with Crippen LogP contribution in [0.4, 0.5) is 4.79 Å². The second-order valence-electron chi connectivity index (χ2n) is 7.41. The van der Waals surface area contributed by atoms with Crippen molar-refractivity contribution >= 4 is 17.4 Å². The molecule has 0 unspecified atom stereocenters. The topological polar surface area (TPSA) is 68.5 Å². The van der Waals surface area contributed by atoms with Crippen LogP contribution in [0.15, 0.2) is 35.7 Å². The Morgan fingerprint density at radius 1 is 1.36 bits per heavy atom. The average Bonchev–Trinajstić information content (AvgIpc) is 3.15. The first-order chi connectivity index (χ1) is 11.8. The van der Waals surface area contributed by atoms with Crippen LogP contribution < -0.4 is 5.73 Å². The Bertz CT molecular complexity index is 724. The van der Waals surface area contributed by atoms with Crippen molar-refractivity contribution in [2.45, 2.75) is 51.3 Å². The molecule has 1 aromatic carbocycles. The number of aromatic nitrogens is 1. The van der Waals surface area contributed by atoms with Gasteiger partial charge in [-0.2, -0.15) is 0 Å². The molecule has 2 atom stereocenters. The highest BCUT2D eigenvalue weighted by atomic mass is 32.1. The molecule has 6 heteroatoms. The Morgan fingerprint density at radius 3 is 2.76 bits per heavy atom. The standard InChI is InChI=1S/C19H25N3O2S/c1-19(2,3)24-18(23)22-10-9-15(20)16(22)11-14-12-25-17(21-14)13-7-5-4-6-8-13/h4-8,12,15-16H,9-11,20H2,1-3H3/t15-,16-/m1/s1. The number of ether oxygens (including phenoxy) is 1. The van der Waals surface area contributed by atoms with Gasteiger partial charge in [0.1, 0.15) is 10.6 Å². The summed E-state index contributed by atoms with van der Waals surface area (Å²) in [6.07, 6.45) is 1.16. The number of benzene rings is 1. The van der Waals surface area contributed by atoms with Crippen LogP contribution in [-0.4, -0.2) is 40.2 Å². The molecule has 1 amide bonds. The van der Waals surface area contributed by atoms with Gasteiger partial charge in [-0.05, 0) is 27.2 Å². The highest BCUT2D eigenvalue weighted by molar-refractivity contribution is 7.13. The van der Waals surface area contributed by atoms with E-state index in [-0.39, 0.29) is 18.2 Å². The molecule has 0 spiro atoms. The maximum atomic E-state index is 12.5. The Labute approximate surface area is 152 Å². The van der Waals surface area contributed by atoms with E-state index in [1.165, 1.54) is 0 Å². The van der Waals surface area contributed by atoms with Crippen LogP contribution in [0.5, 0.6) is 0 Å². The Balaban J connectivity index is 1.72. The predicted octanol–water partition coefficient (Wildman–Crippen LogP) is 3.69. The molecule has 1 aromatic heterocycles. The zero-order chi connectivity index (χ0) is 18.0. The smallest absolute Gasteiger partial charge is 0.410 e. The minimum absolute atomic E-state index is 0.0469. The van der Waals surface area contributed by atoms with E-state index in [1.54, 1.807) is 16.2 Å². The molecule has 1 aliphatic heterocycles. The Morgan fingerprint density at radius 2 is 2.08 bits per heavy atom. The average molecular weight is 359 g/mol. The zero-order valence-corrected chi connectivity index (χ0v) is 15.8. The maximum absolute atomic E-state index is 12.5. The fourth-order valence-electron chi connectivity index (χ4n) is 3.01. The zero-order valence-electron chi connectivity index (χ0n) is 14.9. The van der Waals surface area contributed by atoms with Crippen molar-refractivity contribution in [3.05, 3.63) is 41.4 Å². The summed E-state index contributed by atoms with van der Waals surface area (Å²) in [6.45, 7) is 6.27. The lowest BCUT2D eigenvalue weighted by atomic mass is 10.1. The molecular weight excluding hydrogens is 334 g/mol. The fourth-order valence-corrected chi connectivity index (χ4v) is 3.85. The van der Waals surface area contributed by atoms with Crippen LogP contribution in [0.3, 0.4) is 0 Å². The van der Waals surface area contributed by atoms with Gasteiger partial charge < -0.3 is 15.4 Å². The summed E-state index contributed by atoms with van der Waals surface area (Å²) in [5, 5.41) is 3.05. The molecule has 3 rings (SSSR count). The molecule has 0 saturated carbocycles. The SMILES string of the molecule is CC(C)(C)OC(=O)N1CC[C@@H](N)[C@H]1Cc1csc(-c2ccccc2)n1. The van der Waals surface area contributed by atoms with E-state index >= 15 is 0 Å². The second-order valence-corrected chi connectivity index (χ2v) is 8.27. The van der Waals surface area contributed by atoms with Gasteiger partial charge in [-0.15, -0.1) is 11.3 Å². The first kappa shape index (κ1) is 17.9. The minimum Gasteiger partial charge on any atom is -0.444 e. The van der Waals surface area contributed by atoms with E-state index in [1.807, 2.05) is 39.0 Å². The van der Waals surface area contributed by atoms with Crippen molar-refractivity contribution in [1.82, 2.24) is 9.88 Å². The van der Waals surface area contributed by atoms with E-state index in [2.05, 4.69) is 17.5 Å². The van der Waals surface area contributed by atoms with Crippen LogP contribution in [0, 0.1) is 0 Å². The van der Waals surface area contributed by atoms with E-state index in [9.17, 15) is 4.79 Å². The third kappa shape index (κ3) is 4.38. The quantitative estimate of drug-likeness (QED) is 0.907. The summed E-state index contributed by atoms with van der Waals surface area (Å²) in [5.74, 6) is 0. The van der Waals surface area contributed by atoms with E-state index < -0.39 is 5.60 Å². The van der Waals surface area contributed by atoms with Crippen LogP contribution >= 0.6 is 11.3 Å². The number of rotatable bonds is 3. The van der Waals surface area contributed by atoms with Crippen molar-refractivity contribution in [2.75, 3.05) is 6.54 Å². The molecule has 2 heterocycles. The van der Waals surface area contributed by atoms with Gasteiger partial charge in [0.15, 0.2) is 0 Å². The van der Waals surface area contributed by atoms with Gasteiger partial charge in [0.25, 0.3) is 0 Å². The van der Waals surface area contributed by atoms with Gasteiger partial charge in [-0.3, -0.25) is 0 Å². The van der Waals surface area contributed by atoms with Gasteiger partial charge in [0, 0.05) is 30.0 Å². The van der Waals surface area contributed by atoms with Crippen molar-refractivity contribution in [3.63, 3.8) is 0 Å². The number of carbonyl (C=O) groups excluding carboxylic acids is 1. The van der Waals surface area contributed by atoms with Crippen molar-refractivity contribution < 1.29 is 9.53 Å². The number of thiazole rings is 1. The maximum Gasteiger partial charge on any atom is 0.410 e. The third-order valence-electron chi connectivity index (χ3n) is 4.22. The third-order valence-corrected chi connectivity index (χ3v) is 5.16. The molecular formula is C19H25N3O2S. The van der Waals surface area contributed by atoms with E-state index in [0.29, 0.717) is 13.0 Å². The van der Waals surface area contributed by atoms with Gasteiger partial charge in [-0.25, -0.2) is 9.78 Å². The first-order valence-electron chi connectivity index (χ1n) is 8.58. The number of hydrogen-bond acceptors (Lipinski definition) is 5. The monoisotopic (exact) mass is 359 g/mol. The highest BCUT2D eigenvalue weighted by Gasteiger charge is 2.37. The summed E-state index contributed by atoms with van der Waals surface area (Å²) < 4.78 is 5.53. The number of amides is 1. The summed E-state index contributed by atoms with van der Waals surface area (Å²) >= 11 is 1.62. The van der Waals surface area contributed by atoms with Crippen molar-refractivity contribution in [1.29, 1.82) is 0 Å². The van der Waals surface area contributed by atoms with Crippen molar-refractivity contribution in [3.8, 4) is 10.6 Å². The summed E-state index contributed by atoms with van der Waals surface area (Å²) in [4.78, 5) is 19.0. The Hall–Kier alpha value is -1.92. The first-order valence-corrected chi connectivity index (χ1v) is 9.46. The number of hydrogen-bond donors (Lipinski definition) is 1. The predicted molar refractivity (Wildman–Crippen MR) is 101 cm³/mol. The molecule has 0 aliphatic carbocycles. The lowest BCUT2D eigenvalue weighted by molar-refractivity contribution is 0.0220. The molecule has 5 nitrogen and oxygen atoms in total. The second kappa shape index (κ2) is 7.14. The lowest BCUT2D eigenvalue weighted by Crippen LogP contribution is -2.46. The largest absolute Gasteiger partial charge is 0.444 e. The molecule has 0 radical (unpaired) electrons. The fraction of sp³-hybridized carbons (Fsp3) is 0.474. The highest BCUT2D eigenvalue weighted by Crippen LogP contribution is 2.27. The van der Waals surface area contributed by atoms with Gasteiger partial charge in [-0.1, -0.05) is 30.3 Å². The van der Waals surface area contributed by atoms with Gasteiger partial charge in [0.05, 0.1) is 11.7 Å². The number of likely N-dealkylation sites (tertiary alicyclic amines) is 1. The molecule has 0 bridgehead atoms. The normalized spacial score (nSPS) is 20.7. The Kier molecular flexibility index (Phi) is 5.11. The molecule has 2 aromatic rings. The van der Waals surface area contributed by atoms with Crippen LogP contribution in [0.2, 0.25) is 0 Å². The molecule has 1 saturated heterocycles. The summed E-state index contributed by atoms with van der Waals surface area (Å²) in [5.41, 5.74) is 7.84. The van der Waals surface area contributed by atoms with Crippen molar-refractivity contribution in [2.24, 2.45) is 5.73 Å². The minimum atomic E-state index is -0.505. The number of carbonyl (C=O) groups is 1. The lowest BCUT2D eigenvalue weighted by Gasteiger charge is -2.29. The molecule has 1 fully saturated rings. The van der Waals surface area contributed by atoms with E-state index in [4.69, 9.17) is 15.5 Å². The van der Waals surface area contributed by atoms with Crippen LogP contribution in [0.25, 0.3) is 10.6 Å². The molecule has 2 N–H and O–H groups in total. The number of nitrogens with zero attached hydrogens (tertiary/aromatic N) is 2. The molecule has 134 valence electrons. The summed E-state index contributed by atoms with van der Waals surface area (Å²) in [6, 6.07) is 10.00. The van der Waals surface area contributed by atoms with E-state index in [0.717, 1.165) is 22.7 Å². The van der Waals surface area contributed by atoms with Crippen LogP contribution in [0.1, 0.15) is 32.9 Å². The number of nitrogens with two attached hydrogens (primary N) is 1. The molecule has 25 heavy (non-hydrogen) atoms. The van der Waals surface area contributed by atoms with Gasteiger partial charge in [0.2, 0.25) is 0 Å². The summed E-state index contributed by atoms with van der Waals surface area (Å²) in [7, 11) is 0. The van der Waals surface area contributed by atoms with Gasteiger partial charge >= 0.3 is 6.09 Å². The van der Waals surface area contributed by atoms with Crippen LogP contribution in [-0.2, 0) is 11.2 Å².